The molecule has 1 aliphatic heterocycles. The zero-order chi connectivity index (χ0) is 18.6. The summed E-state index contributed by atoms with van der Waals surface area (Å²) in [6, 6.07) is 16.7. The van der Waals surface area contributed by atoms with E-state index in [2.05, 4.69) is 40.5 Å². The monoisotopic (exact) mass is 381 g/mol. The van der Waals surface area contributed by atoms with Gasteiger partial charge in [-0.1, -0.05) is 41.9 Å². The van der Waals surface area contributed by atoms with Crippen molar-refractivity contribution < 1.29 is 4.74 Å². The van der Waals surface area contributed by atoms with Crippen LogP contribution in [0.3, 0.4) is 0 Å². The maximum atomic E-state index is 6.49. The third-order valence-corrected chi connectivity index (χ3v) is 5.38. The molecular formula is C22H24ClN3O. The number of fused-ring (bicyclic) bond motifs is 1. The van der Waals surface area contributed by atoms with Crippen LogP contribution in [0.1, 0.15) is 11.3 Å². The van der Waals surface area contributed by atoms with Crippen molar-refractivity contribution >= 4 is 22.5 Å². The predicted octanol–water partition coefficient (Wildman–Crippen LogP) is 4.11. The molecule has 1 fully saturated rings. The van der Waals surface area contributed by atoms with Crippen molar-refractivity contribution in [2.75, 3.05) is 33.3 Å². The lowest BCUT2D eigenvalue weighted by atomic mass is 9.99. The third-order valence-electron chi connectivity index (χ3n) is 5.03. The second-order valence-electron chi connectivity index (χ2n) is 6.94. The number of hydrogen-bond acceptors (Lipinski definition) is 4. The summed E-state index contributed by atoms with van der Waals surface area (Å²) in [5.41, 5.74) is 5.42. The molecule has 1 saturated heterocycles. The summed E-state index contributed by atoms with van der Waals surface area (Å²) in [4.78, 5) is 7.36. The Balaban J connectivity index is 1.75. The van der Waals surface area contributed by atoms with Crippen LogP contribution in [-0.2, 0) is 17.9 Å². The van der Waals surface area contributed by atoms with Gasteiger partial charge in [0, 0.05) is 50.2 Å². The fraction of sp³-hybridized carbons (Fsp3) is 0.318. The number of methoxy groups -OCH3 is 1. The highest BCUT2D eigenvalue weighted by molar-refractivity contribution is 6.31. The minimum absolute atomic E-state index is 0.518. The van der Waals surface area contributed by atoms with Crippen LogP contribution in [0.5, 0.6) is 0 Å². The molecule has 27 heavy (non-hydrogen) atoms. The van der Waals surface area contributed by atoms with Crippen LogP contribution in [-0.4, -0.2) is 43.2 Å². The Labute approximate surface area is 165 Å². The van der Waals surface area contributed by atoms with Crippen LogP contribution in [0.2, 0.25) is 5.02 Å². The van der Waals surface area contributed by atoms with Crippen molar-refractivity contribution in [2.45, 2.75) is 13.2 Å². The lowest BCUT2D eigenvalue weighted by Crippen LogP contribution is -2.43. The van der Waals surface area contributed by atoms with Gasteiger partial charge in [-0.2, -0.15) is 0 Å². The molecule has 1 aromatic heterocycles. The first-order chi connectivity index (χ1) is 13.2. The molecule has 0 amide bonds. The number of aromatic nitrogens is 1. The van der Waals surface area contributed by atoms with E-state index in [0.29, 0.717) is 6.61 Å². The molecule has 5 heteroatoms. The molecule has 0 radical (unpaired) electrons. The first kappa shape index (κ1) is 18.4. The molecule has 0 bridgehead atoms. The molecule has 0 atom stereocenters. The average molecular weight is 382 g/mol. The molecule has 0 unspecified atom stereocenters. The molecule has 4 nitrogen and oxygen atoms in total. The second-order valence-corrected chi connectivity index (χ2v) is 7.35. The van der Waals surface area contributed by atoms with Crippen molar-refractivity contribution in [1.29, 1.82) is 0 Å². The zero-order valence-electron chi connectivity index (χ0n) is 15.5. The van der Waals surface area contributed by atoms with Gasteiger partial charge in [-0.25, -0.2) is 0 Å². The Morgan fingerprint density at radius 3 is 2.70 bits per heavy atom. The topological polar surface area (TPSA) is 37.4 Å². The maximum absolute atomic E-state index is 6.49. The van der Waals surface area contributed by atoms with Gasteiger partial charge >= 0.3 is 0 Å². The van der Waals surface area contributed by atoms with Gasteiger partial charge in [0.25, 0.3) is 0 Å². The Kier molecular flexibility index (Phi) is 5.69. The molecule has 0 saturated carbocycles. The summed E-state index contributed by atoms with van der Waals surface area (Å²) in [5, 5.41) is 5.29. The predicted molar refractivity (Wildman–Crippen MR) is 111 cm³/mol. The van der Waals surface area contributed by atoms with E-state index in [-0.39, 0.29) is 0 Å². The SMILES string of the molecule is COCc1ccc(-c2cc(CN3CCNCC3)nc3ccccc23)cc1Cl. The van der Waals surface area contributed by atoms with Gasteiger partial charge in [-0.15, -0.1) is 0 Å². The number of hydrogen-bond donors (Lipinski definition) is 1. The summed E-state index contributed by atoms with van der Waals surface area (Å²) >= 11 is 6.49. The van der Waals surface area contributed by atoms with E-state index in [9.17, 15) is 0 Å². The number of pyridine rings is 1. The minimum atomic E-state index is 0.518. The zero-order valence-corrected chi connectivity index (χ0v) is 16.3. The van der Waals surface area contributed by atoms with Crippen LogP contribution < -0.4 is 5.32 Å². The van der Waals surface area contributed by atoms with Gasteiger partial charge < -0.3 is 10.1 Å². The second kappa shape index (κ2) is 8.36. The first-order valence-corrected chi connectivity index (χ1v) is 9.72. The molecule has 1 N–H and O–H groups in total. The number of ether oxygens (including phenoxy) is 1. The van der Waals surface area contributed by atoms with E-state index >= 15 is 0 Å². The molecule has 3 aromatic rings. The number of nitrogens with zero attached hydrogens (tertiary/aromatic N) is 2. The summed E-state index contributed by atoms with van der Waals surface area (Å²) in [6.07, 6.45) is 0. The van der Waals surface area contributed by atoms with E-state index in [4.69, 9.17) is 21.3 Å². The quantitative estimate of drug-likeness (QED) is 0.721. The Hall–Kier alpha value is -1.98. The van der Waals surface area contributed by atoms with E-state index in [0.717, 1.165) is 65.5 Å². The van der Waals surface area contributed by atoms with Crippen LogP contribution in [0.4, 0.5) is 0 Å². The van der Waals surface area contributed by atoms with Gasteiger partial charge in [0.2, 0.25) is 0 Å². The van der Waals surface area contributed by atoms with Crippen LogP contribution >= 0.6 is 11.6 Å². The minimum Gasteiger partial charge on any atom is -0.380 e. The van der Waals surface area contributed by atoms with Crippen molar-refractivity contribution in [3.05, 3.63) is 64.8 Å². The molecule has 0 aliphatic carbocycles. The third kappa shape index (κ3) is 4.14. The van der Waals surface area contributed by atoms with Crippen LogP contribution in [0.15, 0.2) is 48.5 Å². The van der Waals surface area contributed by atoms with Gasteiger partial charge in [0.15, 0.2) is 0 Å². The number of para-hydroxylation sites is 1. The number of rotatable bonds is 5. The largest absolute Gasteiger partial charge is 0.380 e. The van der Waals surface area contributed by atoms with E-state index in [1.54, 1.807) is 7.11 Å². The van der Waals surface area contributed by atoms with Crippen molar-refractivity contribution in [2.24, 2.45) is 0 Å². The Morgan fingerprint density at radius 1 is 1.11 bits per heavy atom. The Bertz CT molecular complexity index is 938. The number of nitrogens with one attached hydrogen (secondary N) is 1. The molecular weight excluding hydrogens is 358 g/mol. The van der Waals surface area contributed by atoms with Gasteiger partial charge in [0.05, 0.1) is 17.8 Å². The number of benzene rings is 2. The standard InChI is InChI=1S/C22H24ClN3O/c1-27-15-17-7-6-16(12-21(17)23)20-13-18(14-26-10-8-24-9-11-26)25-22-5-3-2-4-19(20)22/h2-7,12-13,24H,8-11,14-15H2,1H3. The van der Waals surface area contributed by atoms with E-state index in [1.807, 2.05) is 18.2 Å². The summed E-state index contributed by atoms with van der Waals surface area (Å²) in [6.45, 7) is 5.58. The average Bonchev–Trinajstić information content (AvgIpc) is 2.70. The first-order valence-electron chi connectivity index (χ1n) is 9.34. The molecule has 2 heterocycles. The molecule has 2 aromatic carbocycles. The fourth-order valence-electron chi connectivity index (χ4n) is 3.64. The molecule has 0 spiro atoms. The molecule has 1 aliphatic rings. The highest BCUT2D eigenvalue weighted by atomic mass is 35.5. The summed E-state index contributed by atoms with van der Waals surface area (Å²) in [5.74, 6) is 0. The van der Waals surface area contributed by atoms with Crippen LogP contribution in [0, 0.1) is 0 Å². The van der Waals surface area contributed by atoms with E-state index < -0.39 is 0 Å². The van der Waals surface area contributed by atoms with Gasteiger partial charge in [-0.05, 0) is 34.9 Å². The van der Waals surface area contributed by atoms with Gasteiger partial charge in [0.1, 0.15) is 0 Å². The molecule has 4 rings (SSSR count). The number of halogens is 1. The van der Waals surface area contributed by atoms with Gasteiger partial charge in [-0.3, -0.25) is 9.88 Å². The van der Waals surface area contributed by atoms with Crippen LogP contribution in [0.25, 0.3) is 22.0 Å². The Morgan fingerprint density at radius 2 is 1.93 bits per heavy atom. The summed E-state index contributed by atoms with van der Waals surface area (Å²) < 4.78 is 5.22. The normalized spacial score (nSPS) is 15.3. The smallest absolute Gasteiger partial charge is 0.0727 e. The lowest BCUT2D eigenvalue weighted by molar-refractivity contribution is 0.185. The van der Waals surface area contributed by atoms with E-state index in [1.165, 1.54) is 5.56 Å². The highest BCUT2D eigenvalue weighted by Crippen LogP contribution is 2.32. The fourth-order valence-corrected chi connectivity index (χ4v) is 3.87. The van der Waals surface area contributed by atoms with Crippen molar-refractivity contribution in [1.82, 2.24) is 15.2 Å². The maximum Gasteiger partial charge on any atom is 0.0727 e. The highest BCUT2D eigenvalue weighted by Gasteiger charge is 2.14. The van der Waals surface area contributed by atoms with Crippen molar-refractivity contribution in [3.8, 4) is 11.1 Å². The lowest BCUT2D eigenvalue weighted by Gasteiger charge is -2.27. The molecule has 140 valence electrons. The number of piperazine rings is 1. The summed E-state index contributed by atoms with van der Waals surface area (Å²) in [7, 11) is 1.68. The van der Waals surface area contributed by atoms with Crippen molar-refractivity contribution in [3.63, 3.8) is 0 Å².